The zero-order valence-electron chi connectivity index (χ0n) is 26.1. The van der Waals surface area contributed by atoms with E-state index >= 15 is 0 Å². The number of esters is 6. The largest absolute Gasteiger partial charge is 0.462 e. The van der Waals surface area contributed by atoms with Crippen LogP contribution in [0.1, 0.15) is 68.2 Å². The maximum atomic E-state index is 13.1. The second kappa shape index (κ2) is 11.8. The molecule has 1 N–H and O–H groups in total. The fraction of sp³-hybridized carbons (Fsp3) is 0.733. The van der Waals surface area contributed by atoms with Crippen molar-refractivity contribution in [2.75, 3.05) is 6.61 Å². The highest BCUT2D eigenvalue weighted by molar-refractivity contribution is 5.78. The van der Waals surface area contributed by atoms with Crippen LogP contribution >= 0.6 is 0 Å². The first kappa shape index (κ1) is 33.4. The molecule has 0 unspecified atom stereocenters. The summed E-state index contributed by atoms with van der Waals surface area (Å²) in [6.45, 7) is 10.2. The molecule has 0 aromatic carbocycles. The molecule has 0 aromatic heterocycles. The molecule has 0 spiro atoms. The van der Waals surface area contributed by atoms with Gasteiger partial charge in [-0.1, -0.05) is 6.92 Å². The van der Waals surface area contributed by atoms with E-state index in [4.69, 9.17) is 33.2 Å². The van der Waals surface area contributed by atoms with E-state index in [1.165, 1.54) is 26.8 Å². The first-order chi connectivity index (χ1) is 20.3. The Balaban J connectivity index is 2.08. The lowest BCUT2D eigenvalue weighted by molar-refractivity contribution is -0.235. The Morgan fingerprint density at radius 1 is 0.864 bits per heavy atom. The molecule has 1 saturated carbocycles. The van der Waals surface area contributed by atoms with Crippen molar-refractivity contribution in [3.63, 3.8) is 0 Å². The summed E-state index contributed by atoms with van der Waals surface area (Å²) >= 11 is 0. The number of aliphatic hydroxyl groups is 1. The van der Waals surface area contributed by atoms with Crippen LogP contribution in [0.2, 0.25) is 0 Å². The van der Waals surface area contributed by atoms with Crippen molar-refractivity contribution in [2.24, 2.45) is 17.3 Å². The highest BCUT2D eigenvalue weighted by atomic mass is 16.6. The van der Waals surface area contributed by atoms with Gasteiger partial charge in [-0.15, -0.1) is 0 Å². The average Bonchev–Trinajstić information content (AvgIpc) is 3.49. The molecule has 0 amide bonds. The molecule has 2 heterocycles. The van der Waals surface area contributed by atoms with Gasteiger partial charge >= 0.3 is 35.8 Å². The second-order valence-corrected chi connectivity index (χ2v) is 12.4. The van der Waals surface area contributed by atoms with Crippen molar-refractivity contribution in [1.82, 2.24) is 0 Å². The van der Waals surface area contributed by atoms with Gasteiger partial charge in [0.25, 0.3) is 0 Å². The number of ether oxygens (including phenoxy) is 7. The van der Waals surface area contributed by atoms with Crippen LogP contribution in [0.4, 0.5) is 0 Å². The van der Waals surface area contributed by atoms with E-state index < -0.39 is 107 Å². The molecule has 2 aliphatic heterocycles. The predicted octanol–water partition coefficient (Wildman–Crippen LogP) is 1.08. The third-order valence-corrected chi connectivity index (χ3v) is 9.45. The molecule has 0 bridgehead atoms. The molecular weight excluding hydrogens is 584 g/mol. The van der Waals surface area contributed by atoms with Gasteiger partial charge in [-0.3, -0.25) is 28.8 Å². The van der Waals surface area contributed by atoms with Crippen molar-refractivity contribution >= 4 is 35.8 Å². The molecule has 0 radical (unpaired) electrons. The highest BCUT2D eigenvalue weighted by Crippen LogP contribution is 2.65. The van der Waals surface area contributed by atoms with Crippen LogP contribution in [-0.4, -0.2) is 95.4 Å². The summed E-state index contributed by atoms with van der Waals surface area (Å²) < 4.78 is 40.4. The molecule has 11 atom stereocenters. The number of hydrogen-bond donors (Lipinski definition) is 1. The number of carbonyl (C=O) groups is 6. The van der Waals surface area contributed by atoms with Gasteiger partial charge < -0.3 is 38.3 Å². The first-order valence-electron chi connectivity index (χ1n) is 14.5. The quantitative estimate of drug-likeness (QED) is 0.191. The van der Waals surface area contributed by atoms with Gasteiger partial charge in [0, 0.05) is 59.0 Å². The van der Waals surface area contributed by atoms with Crippen LogP contribution in [0.15, 0.2) is 11.6 Å². The number of rotatable bonds is 6. The van der Waals surface area contributed by atoms with E-state index in [9.17, 15) is 33.9 Å². The lowest BCUT2D eigenvalue weighted by Gasteiger charge is -2.55. The van der Waals surface area contributed by atoms with Crippen molar-refractivity contribution < 1.29 is 67.0 Å². The minimum atomic E-state index is -2.27. The standard InChI is InChI=1S/C30H40O14/c1-13-27(36)43-24-9-19(12-38-14(2)31)20(39-15(3)32)10-21(40-16(4)33)28(7)22(41-17(5)34)11-23-29(8,44-23)25(28)26(30(13,24)37)42-18(6)35/h9,13,20-26,37H,10-12H2,1-8H3/b19-9-/t13-,20+,21-,22-,23-,24-,25+,26-,28-,29-,30-/m0/s1. The van der Waals surface area contributed by atoms with Crippen molar-refractivity contribution in [1.29, 1.82) is 0 Å². The van der Waals surface area contributed by atoms with Crippen LogP contribution < -0.4 is 0 Å². The van der Waals surface area contributed by atoms with Crippen LogP contribution in [0.5, 0.6) is 0 Å². The van der Waals surface area contributed by atoms with Crippen molar-refractivity contribution in [3.05, 3.63) is 11.6 Å². The fourth-order valence-corrected chi connectivity index (χ4v) is 7.37. The molecule has 244 valence electrons. The number of hydrogen-bond acceptors (Lipinski definition) is 14. The third-order valence-electron chi connectivity index (χ3n) is 9.45. The molecule has 2 aliphatic carbocycles. The van der Waals surface area contributed by atoms with Gasteiger partial charge in [0.2, 0.25) is 0 Å². The maximum Gasteiger partial charge on any atom is 0.312 e. The van der Waals surface area contributed by atoms with Crippen molar-refractivity contribution in [3.8, 4) is 0 Å². The Morgan fingerprint density at radius 2 is 1.41 bits per heavy atom. The average molecular weight is 625 g/mol. The van der Waals surface area contributed by atoms with Gasteiger partial charge in [0.05, 0.1) is 23.0 Å². The van der Waals surface area contributed by atoms with Crippen LogP contribution in [0.25, 0.3) is 0 Å². The Morgan fingerprint density at radius 3 is 1.93 bits per heavy atom. The summed E-state index contributed by atoms with van der Waals surface area (Å²) in [7, 11) is 0. The molecule has 2 saturated heterocycles. The van der Waals surface area contributed by atoms with E-state index in [1.807, 2.05) is 0 Å². The Labute approximate surface area is 254 Å². The zero-order chi connectivity index (χ0) is 32.9. The minimum Gasteiger partial charge on any atom is -0.462 e. The van der Waals surface area contributed by atoms with Crippen LogP contribution in [0.3, 0.4) is 0 Å². The Kier molecular flexibility index (Phi) is 8.93. The lowest BCUT2D eigenvalue weighted by Crippen LogP contribution is -2.69. The number of epoxide rings is 1. The molecule has 44 heavy (non-hydrogen) atoms. The van der Waals surface area contributed by atoms with Gasteiger partial charge in [0.15, 0.2) is 11.7 Å². The molecule has 4 aliphatic rings. The fourth-order valence-electron chi connectivity index (χ4n) is 7.37. The molecule has 0 aromatic rings. The summed E-state index contributed by atoms with van der Waals surface area (Å²) in [4.78, 5) is 75.2. The summed E-state index contributed by atoms with van der Waals surface area (Å²) in [6.07, 6.45) is -5.80. The lowest BCUT2D eigenvalue weighted by atomic mass is 9.53. The third kappa shape index (κ3) is 5.81. The predicted molar refractivity (Wildman–Crippen MR) is 145 cm³/mol. The SMILES string of the molecule is CC(=O)OC/C1=C/[C@@H]2OC(=O)[C@H](C)[C@@]2(O)[C@@H](OC(C)=O)[C@H]2[C@@]3(C)O[C@H]3C[C@H](OC(C)=O)[C@]2(C)[C@@H](OC(C)=O)C[C@H]1OC(C)=O. The number of fused-ring (bicyclic) bond motifs is 4. The van der Waals surface area contributed by atoms with E-state index in [0.717, 1.165) is 20.8 Å². The van der Waals surface area contributed by atoms with Gasteiger partial charge in [0.1, 0.15) is 31.0 Å². The van der Waals surface area contributed by atoms with Crippen LogP contribution in [-0.2, 0) is 61.9 Å². The summed E-state index contributed by atoms with van der Waals surface area (Å²) in [5.41, 5.74) is -4.77. The number of carbonyl (C=O) groups excluding carboxylic acids is 6. The molecule has 4 rings (SSSR count). The van der Waals surface area contributed by atoms with Crippen molar-refractivity contribution in [2.45, 2.75) is 116 Å². The summed E-state index contributed by atoms with van der Waals surface area (Å²) in [5, 5.41) is 12.6. The van der Waals surface area contributed by atoms with E-state index in [1.54, 1.807) is 13.8 Å². The van der Waals surface area contributed by atoms with E-state index in [0.29, 0.717) is 0 Å². The topological polar surface area (TPSA) is 191 Å². The Hall–Kier alpha value is -3.52. The van der Waals surface area contributed by atoms with E-state index in [-0.39, 0.29) is 18.4 Å². The van der Waals surface area contributed by atoms with Gasteiger partial charge in [-0.05, 0) is 19.9 Å². The molecule has 14 heteroatoms. The second-order valence-electron chi connectivity index (χ2n) is 12.4. The highest BCUT2D eigenvalue weighted by Gasteiger charge is 2.78. The molecule has 14 nitrogen and oxygen atoms in total. The van der Waals surface area contributed by atoms with Gasteiger partial charge in [-0.25, -0.2) is 0 Å². The molecule has 3 fully saturated rings. The maximum absolute atomic E-state index is 13.1. The summed E-state index contributed by atoms with van der Waals surface area (Å²) in [6, 6.07) is 0. The molecular formula is C30H40O14. The monoisotopic (exact) mass is 624 g/mol. The van der Waals surface area contributed by atoms with Crippen LogP contribution in [0, 0.1) is 17.3 Å². The Bertz CT molecular complexity index is 1270. The minimum absolute atomic E-state index is 0.105. The first-order valence-corrected chi connectivity index (χ1v) is 14.5. The zero-order valence-corrected chi connectivity index (χ0v) is 26.1. The van der Waals surface area contributed by atoms with E-state index in [2.05, 4.69) is 0 Å². The summed E-state index contributed by atoms with van der Waals surface area (Å²) in [5.74, 6) is -6.74. The smallest absolute Gasteiger partial charge is 0.312 e. The van der Waals surface area contributed by atoms with Gasteiger partial charge in [-0.2, -0.15) is 0 Å². The normalized spacial score (nSPS) is 42.0.